The average Bonchev–Trinajstić information content (AvgIpc) is 2.61. The molecule has 22 heavy (non-hydrogen) atoms. The molecule has 1 aliphatic rings. The fourth-order valence-electron chi connectivity index (χ4n) is 2.66. The van der Waals surface area contributed by atoms with Crippen molar-refractivity contribution < 1.29 is 9.59 Å². The van der Waals surface area contributed by atoms with Crippen LogP contribution in [0.5, 0.6) is 0 Å². The van der Waals surface area contributed by atoms with E-state index < -0.39 is 0 Å². The van der Waals surface area contributed by atoms with Crippen LogP contribution in [0, 0.1) is 0 Å². The van der Waals surface area contributed by atoms with Gasteiger partial charge in [-0.2, -0.15) is 0 Å². The van der Waals surface area contributed by atoms with E-state index in [2.05, 4.69) is 5.32 Å². The van der Waals surface area contributed by atoms with Gasteiger partial charge in [0.25, 0.3) is 5.91 Å². The Morgan fingerprint density at radius 2 is 1.86 bits per heavy atom. The van der Waals surface area contributed by atoms with Crippen LogP contribution >= 0.6 is 11.6 Å². The molecule has 0 saturated carbocycles. The summed E-state index contributed by atoms with van der Waals surface area (Å²) in [7, 11) is 0. The molecule has 0 saturated heterocycles. The molecule has 0 spiro atoms. The molecule has 0 aromatic heterocycles. The number of hydrogen-bond acceptors (Lipinski definition) is 2. The van der Waals surface area contributed by atoms with Crippen LogP contribution in [0.2, 0.25) is 5.02 Å². The molecule has 0 bridgehead atoms. The third-order valence-corrected chi connectivity index (χ3v) is 4.01. The Balaban J connectivity index is 2.10. The van der Waals surface area contributed by atoms with Gasteiger partial charge in [-0.05, 0) is 31.2 Å². The normalized spacial score (nSPS) is 17.5. The van der Waals surface area contributed by atoms with Crippen LogP contribution in [0.4, 0.5) is 11.4 Å². The number of benzene rings is 2. The number of amides is 2. The second-order valence-electron chi connectivity index (χ2n) is 5.27. The molecule has 3 rings (SSSR count). The lowest BCUT2D eigenvalue weighted by Crippen LogP contribution is -2.39. The predicted molar refractivity (Wildman–Crippen MR) is 87.4 cm³/mol. The molecule has 1 atom stereocenters. The number of para-hydroxylation sites is 2. The van der Waals surface area contributed by atoms with Crippen molar-refractivity contribution in [3.05, 3.63) is 59.1 Å². The van der Waals surface area contributed by atoms with Gasteiger partial charge in [0.05, 0.1) is 22.0 Å². The highest BCUT2D eigenvalue weighted by Crippen LogP contribution is 2.33. The van der Waals surface area contributed by atoms with Crippen molar-refractivity contribution in [2.24, 2.45) is 0 Å². The number of carbonyl (C=O) groups is 2. The summed E-state index contributed by atoms with van der Waals surface area (Å²) in [5.41, 5.74) is 1.75. The summed E-state index contributed by atoms with van der Waals surface area (Å²) in [5.74, 6) is -0.309. The first-order chi connectivity index (χ1) is 10.6. The first-order valence-corrected chi connectivity index (χ1v) is 7.42. The summed E-state index contributed by atoms with van der Waals surface area (Å²) >= 11 is 6.15. The standard InChI is InChI=1S/C17H15ClN2O2/c1-11-10-16(21)19-14-8-4-5-9-15(14)20(11)17(22)12-6-2-3-7-13(12)18/h2-9,11H,10H2,1H3,(H,19,21). The zero-order chi connectivity index (χ0) is 15.7. The molecule has 5 heteroatoms. The number of halogens is 1. The van der Waals surface area contributed by atoms with Crippen LogP contribution in [0.1, 0.15) is 23.7 Å². The summed E-state index contributed by atoms with van der Waals surface area (Å²) < 4.78 is 0. The van der Waals surface area contributed by atoms with Crippen LogP contribution in [-0.2, 0) is 4.79 Å². The number of hydrogen-bond donors (Lipinski definition) is 1. The summed E-state index contributed by atoms with van der Waals surface area (Å²) in [4.78, 5) is 26.5. The van der Waals surface area contributed by atoms with Crippen molar-refractivity contribution in [3.63, 3.8) is 0 Å². The van der Waals surface area contributed by atoms with Crippen LogP contribution in [0.15, 0.2) is 48.5 Å². The molecule has 1 aliphatic heterocycles. The quantitative estimate of drug-likeness (QED) is 0.872. The number of nitrogens with one attached hydrogen (secondary N) is 1. The topological polar surface area (TPSA) is 49.4 Å². The maximum Gasteiger partial charge on any atom is 0.260 e. The summed E-state index contributed by atoms with van der Waals surface area (Å²) in [6, 6.07) is 14.0. The first-order valence-electron chi connectivity index (χ1n) is 7.05. The van der Waals surface area contributed by atoms with Crippen molar-refractivity contribution in [2.45, 2.75) is 19.4 Å². The van der Waals surface area contributed by atoms with Gasteiger partial charge in [0, 0.05) is 12.5 Å². The van der Waals surface area contributed by atoms with Crippen molar-refractivity contribution in [3.8, 4) is 0 Å². The Labute approximate surface area is 133 Å². The average molecular weight is 315 g/mol. The van der Waals surface area contributed by atoms with Crippen molar-refractivity contribution in [1.82, 2.24) is 0 Å². The smallest absolute Gasteiger partial charge is 0.260 e. The molecular weight excluding hydrogens is 300 g/mol. The van der Waals surface area contributed by atoms with Crippen molar-refractivity contribution in [1.29, 1.82) is 0 Å². The highest BCUT2D eigenvalue weighted by molar-refractivity contribution is 6.34. The maximum absolute atomic E-state index is 13.0. The lowest BCUT2D eigenvalue weighted by Gasteiger charge is -2.28. The maximum atomic E-state index is 13.0. The number of fused-ring (bicyclic) bond motifs is 1. The van der Waals surface area contributed by atoms with Gasteiger partial charge in [-0.25, -0.2) is 0 Å². The molecule has 4 nitrogen and oxygen atoms in total. The Kier molecular flexibility index (Phi) is 3.86. The van der Waals surface area contributed by atoms with E-state index in [0.29, 0.717) is 22.0 Å². The van der Waals surface area contributed by atoms with E-state index in [0.717, 1.165) is 0 Å². The fourth-order valence-corrected chi connectivity index (χ4v) is 2.88. The third-order valence-electron chi connectivity index (χ3n) is 3.68. The second kappa shape index (κ2) is 5.81. The Morgan fingerprint density at radius 1 is 1.18 bits per heavy atom. The molecule has 112 valence electrons. The summed E-state index contributed by atoms with van der Waals surface area (Å²) in [6.45, 7) is 1.86. The molecule has 1 unspecified atom stereocenters. The van der Waals surface area contributed by atoms with E-state index in [1.165, 1.54) is 0 Å². The van der Waals surface area contributed by atoms with Crippen molar-refractivity contribution >= 4 is 34.8 Å². The fraction of sp³-hybridized carbons (Fsp3) is 0.176. The molecule has 1 heterocycles. The van der Waals surface area contributed by atoms with E-state index in [-0.39, 0.29) is 24.3 Å². The Bertz CT molecular complexity index is 745. The zero-order valence-corrected chi connectivity index (χ0v) is 12.8. The van der Waals surface area contributed by atoms with E-state index >= 15 is 0 Å². The molecule has 2 amide bonds. The van der Waals surface area contributed by atoms with Gasteiger partial charge in [-0.1, -0.05) is 35.9 Å². The van der Waals surface area contributed by atoms with Gasteiger partial charge >= 0.3 is 0 Å². The highest BCUT2D eigenvalue weighted by Gasteiger charge is 2.30. The number of nitrogens with zero attached hydrogens (tertiary/aromatic N) is 1. The Hall–Kier alpha value is -2.33. The SMILES string of the molecule is CC1CC(=O)Nc2ccccc2N1C(=O)c1ccccc1Cl. The molecule has 2 aromatic carbocycles. The van der Waals surface area contributed by atoms with Gasteiger partial charge in [0.15, 0.2) is 0 Å². The summed E-state index contributed by atoms with van der Waals surface area (Å²) in [6.07, 6.45) is 0.241. The highest BCUT2D eigenvalue weighted by atomic mass is 35.5. The number of anilines is 2. The molecular formula is C17H15ClN2O2. The van der Waals surface area contributed by atoms with E-state index in [4.69, 9.17) is 11.6 Å². The van der Waals surface area contributed by atoms with Gasteiger partial charge in [-0.15, -0.1) is 0 Å². The Morgan fingerprint density at radius 3 is 2.64 bits per heavy atom. The minimum atomic E-state index is -0.257. The number of rotatable bonds is 1. The lowest BCUT2D eigenvalue weighted by molar-refractivity contribution is -0.116. The van der Waals surface area contributed by atoms with Crippen LogP contribution in [0.3, 0.4) is 0 Å². The van der Waals surface area contributed by atoms with E-state index in [1.807, 2.05) is 25.1 Å². The largest absolute Gasteiger partial charge is 0.324 e. The summed E-state index contributed by atoms with van der Waals surface area (Å²) in [5, 5.41) is 3.24. The van der Waals surface area contributed by atoms with Crippen LogP contribution < -0.4 is 10.2 Å². The van der Waals surface area contributed by atoms with Crippen molar-refractivity contribution in [2.75, 3.05) is 10.2 Å². The molecule has 0 fully saturated rings. The lowest BCUT2D eigenvalue weighted by atomic mass is 10.1. The van der Waals surface area contributed by atoms with Gasteiger partial charge in [-0.3, -0.25) is 9.59 Å². The van der Waals surface area contributed by atoms with E-state index in [1.54, 1.807) is 35.2 Å². The minimum absolute atomic E-state index is 0.102. The third kappa shape index (κ3) is 2.57. The molecule has 2 aromatic rings. The number of carbonyl (C=O) groups excluding carboxylic acids is 2. The molecule has 1 N–H and O–H groups in total. The van der Waals surface area contributed by atoms with E-state index in [9.17, 15) is 9.59 Å². The van der Waals surface area contributed by atoms with Crippen LogP contribution in [0.25, 0.3) is 0 Å². The van der Waals surface area contributed by atoms with Crippen LogP contribution in [-0.4, -0.2) is 17.9 Å². The minimum Gasteiger partial charge on any atom is -0.324 e. The molecule has 0 radical (unpaired) electrons. The predicted octanol–water partition coefficient (Wildman–Crippen LogP) is 3.72. The first kappa shape index (κ1) is 14.6. The molecule has 0 aliphatic carbocycles. The second-order valence-corrected chi connectivity index (χ2v) is 5.68. The van der Waals surface area contributed by atoms with Gasteiger partial charge in [0.2, 0.25) is 5.91 Å². The monoisotopic (exact) mass is 314 g/mol. The van der Waals surface area contributed by atoms with Gasteiger partial charge < -0.3 is 10.2 Å². The van der Waals surface area contributed by atoms with Gasteiger partial charge in [0.1, 0.15) is 0 Å². The zero-order valence-electron chi connectivity index (χ0n) is 12.0.